The van der Waals surface area contributed by atoms with Gasteiger partial charge in [0.1, 0.15) is 5.75 Å². The first-order chi connectivity index (χ1) is 13.2. The molecule has 0 aliphatic carbocycles. The molecule has 27 heavy (non-hydrogen) atoms. The van der Waals surface area contributed by atoms with E-state index in [0.29, 0.717) is 25.8 Å². The fraction of sp³-hybridized carbons (Fsp3) is 0.364. The van der Waals surface area contributed by atoms with E-state index in [0.717, 1.165) is 36.4 Å². The van der Waals surface area contributed by atoms with Gasteiger partial charge < -0.3 is 15.0 Å². The Morgan fingerprint density at radius 3 is 2.63 bits per heavy atom. The molecular formula is C22H26N2O3. The van der Waals surface area contributed by atoms with Gasteiger partial charge in [-0.3, -0.25) is 9.59 Å². The number of amides is 2. The van der Waals surface area contributed by atoms with Crippen molar-refractivity contribution in [2.75, 3.05) is 25.1 Å². The number of hydrogen-bond donors (Lipinski definition) is 1. The van der Waals surface area contributed by atoms with E-state index in [9.17, 15) is 9.59 Å². The molecule has 0 aromatic heterocycles. The highest BCUT2D eigenvalue weighted by Gasteiger charge is 2.21. The molecule has 2 aromatic rings. The number of fused-ring (bicyclic) bond motifs is 1. The summed E-state index contributed by atoms with van der Waals surface area (Å²) < 4.78 is 5.13. The number of aryl methyl sites for hydroxylation is 2. The summed E-state index contributed by atoms with van der Waals surface area (Å²) in [4.78, 5) is 26.4. The van der Waals surface area contributed by atoms with Crippen LogP contribution in [-0.4, -0.2) is 32.0 Å². The highest BCUT2D eigenvalue weighted by molar-refractivity contribution is 5.94. The maximum Gasteiger partial charge on any atom is 0.228 e. The summed E-state index contributed by atoms with van der Waals surface area (Å²) in [7, 11) is 1.63. The molecule has 1 aliphatic rings. The van der Waals surface area contributed by atoms with E-state index < -0.39 is 0 Å². The monoisotopic (exact) mass is 366 g/mol. The third-order valence-electron chi connectivity index (χ3n) is 4.87. The van der Waals surface area contributed by atoms with Gasteiger partial charge >= 0.3 is 0 Å². The predicted molar refractivity (Wildman–Crippen MR) is 106 cm³/mol. The van der Waals surface area contributed by atoms with Crippen molar-refractivity contribution >= 4 is 17.5 Å². The number of carbonyl (C=O) groups excluding carboxylic acids is 2. The molecule has 2 amide bonds. The molecule has 5 heteroatoms. The second kappa shape index (κ2) is 9.21. The molecule has 1 N–H and O–H groups in total. The van der Waals surface area contributed by atoms with Gasteiger partial charge in [-0.05, 0) is 48.6 Å². The number of benzene rings is 2. The Hall–Kier alpha value is -2.82. The van der Waals surface area contributed by atoms with Gasteiger partial charge in [0.15, 0.2) is 0 Å². The number of carbonyl (C=O) groups is 2. The highest BCUT2D eigenvalue weighted by Crippen LogP contribution is 2.27. The van der Waals surface area contributed by atoms with Crippen LogP contribution in [0.2, 0.25) is 0 Å². The first-order valence-electron chi connectivity index (χ1n) is 9.45. The van der Waals surface area contributed by atoms with E-state index in [2.05, 4.69) is 11.4 Å². The Balaban J connectivity index is 1.41. The number of ether oxygens (including phenoxy) is 1. The van der Waals surface area contributed by atoms with Gasteiger partial charge in [0.2, 0.25) is 11.8 Å². The summed E-state index contributed by atoms with van der Waals surface area (Å²) in [6.45, 7) is 1.13. The van der Waals surface area contributed by atoms with Gasteiger partial charge in [-0.2, -0.15) is 0 Å². The van der Waals surface area contributed by atoms with Crippen molar-refractivity contribution in [3.63, 3.8) is 0 Å². The maximum absolute atomic E-state index is 12.5. The van der Waals surface area contributed by atoms with Crippen LogP contribution in [0.5, 0.6) is 5.75 Å². The van der Waals surface area contributed by atoms with E-state index in [1.54, 1.807) is 7.11 Å². The summed E-state index contributed by atoms with van der Waals surface area (Å²) in [6.07, 6.45) is 3.40. The minimum absolute atomic E-state index is 0.0299. The largest absolute Gasteiger partial charge is 0.497 e. The van der Waals surface area contributed by atoms with E-state index in [1.165, 1.54) is 5.56 Å². The van der Waals surface area contributed by atoms with Crippen LogP contribution in [0.1, 0.15) is 30.4 Å². The number of nitrogens with one attached hydrogen (secondary N) is 1. The Morgan fingerprint density at radius 2 is 1.85 bits per heavy atom. The summed E-state index contributed by atoms with van der Waals surface area (Å²) in [5.74, 6) is 0.844. The minimum atomic E-state index is -0.0299. The van der Waals surface area contributed by atoms with Crippen molar-refractivity contribution in [3.8, 4) is 5.75 Å². The second-order valence-electron chi connectivity index (χ2n) is 6.73. The lowest BCUT2D eigenvalue weighted by Crippen LogP contribution is -2.37. The molecule has 5 nitrogen and oxygen atoms in total. The van der Waals surface area contributed by atoms with Gasteiger partial charge in [-0.25, -0.2) is 0 Å². The zero-order chi connectivity index (χ0) is 19.1. The van der Waals surface area contributed by atoms with E-state index in [4.69, 9.17) is 4.74 Å². The van der Waals surface area contributed by atoms with E-state index >= 15 is 0 Å². The van der Waals surface area contributed by atoms with Crippen molar-refractivity contribution in [1.29, 1.82) is 0 Å². The molecule has 1 aliphatic heterocycles. The summed E-state index contributed by atoms with van der Waals surface area (Å²) in [5, 5.41) is 2.86. The molecule has 0 unspecified atom stereocenters. The van der Waals surface area contributed by atoms with Crippen LogP contribution in [-0.2, 0) is 22.4 Å². The first kappa shape index (κ1) is 19.0. The van der Waals surface area contributed by atoms with E-state index in [1.807, 2.05) is 47.4 Å². The third-order valence-corrected chi connectivity index (χ3v) is 4.87. The number of methoxy groups -OCH3 is 1. The molecule has 0 atom stereocenters. The molecule has 0 saturated heterocycles. The van der Waals surface area contributed by atoms with E-state index in [-0.39, 0.29) is 11.8 Å². The average molecular weight is 366 g/mol. The van der Waals surface area contributed by atoms with Crippen LogP contribution in [0.25, 0.3) is 0 Å². The fourth-order valence-electron chi connectivity index (χ4n) is 3.37. The number of anilines is 1. The molecule has 0 spiro atoms. The Labute approximate surface area is 160 Å². The minimum Gasteiger partial charge on any atom is -0.497 e. The van der Waals surface area contributed by atoms with Crippen molar-refractivity contribution in [1.82, 2.24) is 5.32 Å². The Morgan fingerprint density at radius 1 is 1.07 bits per heavy atom. The molecule has 3 rings (SSSR count). The van der Waals surface area contributed by atoms with Crippen LogP contribution in [0.3, 0.4) is 0 Å². The number of para-hydroxylation sites is 1. The second-order valence-corrected chi connectivity index (χ2v) is 6.73. The third kappa shape index (κ3) is 5.09. The van der Waals surface area contributed by atoms with Crippen molar-refractivity contribution in [3.05, 3.63) is 59.7 Å². The standard InChI is InChI=1S/C22H26N2O3/c1-27-19-11-8-17(9-12-19)10-13-21(25)23-15-14-22(26)24-16-4-6-18-5-2-3-7-20(18)24/h2-3,5,7-9,11-12H,4,6,10,13-16H2,1H3,(H,23,25). The average Bonchev–Trinajstić information content (AvgIpc) is 2.72. The van der Waals surface area contributed by atoms with Crippen LogP contribution >= 0.6 is 0 Å². The molecular weight excluding hydrogens is 340 g/mol. The normalized spacial score (nSPS) is 13.0. The smallest absolute Gasteiger partial charge is 0.228 e. The number of hydrogen-bond acceptors (Lipinski definition) is 3. The van der Waals surface area contributed by atoms with Gasteiger partial charge in [0.05, 0.1) is 7.11 Å². The Bertz CT molecular complexity index is 786. The number of nitrogens with zero attached hydrogens (tertiary/aromatic N) is 1. The Kier molecular flexibility index (Phi) is 6.47. The predicted octanol–water partition coefficient (Wildman–Crippen LogP) is 3.11. The highest BCUT2D eigenvalue weighted by atomic mass is 16.5. The molecule has 0 bridgehead atoms. The molecule has 0 fully saturated rings. The maximum atomic E-state index is 12.5. The van der Waals surface area contributed by atoms with Crippen LogP contribution in [0.15, 0.2) is 48.5 Å². The lowest BCUT2D eigenvalue weighted by molar-refractivity contribution is -0.121. The lowest BCUT2D eigenvalue weighted by atomic mass is 10.0. The quantitative estimate of drug-likeness (QED) is 0.819. The van der Waals surface area contributed by atoms with Crippen molar-refractivity contribution < 1.29 is 14.3 Å². The summed E-state index contributed by atoms with van der Waals surface area (Å²) >= 11 is 0. The van der Waals surface area contributed by atoms with Crippen LogP contribution < -0.4 is 15.0 Å². The van der Waals surface area contributed by atoms with Crippen molar-refractivity contribution in [2.45, 2.75) is 32.1 Å². The molecule has 2 aromatic carbocycles. The fourth-order valence-corrected chi connectivity index (χ4v) is 3.37. The number of rotatable bonds is 7. The topological polar surface area (TPSA) is 58.6 Å². The first-order valence-corrected chi connectivity index (χ1v) is 9.45. The zero-order valence-electron chi connectivity index (χ0n) is 15.7. The summed E-state index contributed by atoms with van der Waals surface area (Å²) in [5.41, 5.74) is 3.33. The van der Waals surface area contributed by atoms with Gasteiger partial charge in [-0.1, -0.05) is 30.3 Å². The molecule has 142 valence electrons. The van der Waals surface area contributed by atoms with Crippen LogP contribution in [0.4, 0.5) is 5.69 Å². The molecule has 0 radical (unpaired) electrons. The van der Waals surface area contributed by atoms with Gasteiger partial charge in [-0.15, -0.1) is 0 Å². The van der Waals surface area contributed by atoms with Crippen LogP contribution in [0, 0.1) is 0 Å². The SMILES string of the molecule is COc1ccc(CCC(=O)NCCC(=O)N2CCCc3ccccc32)cc1. The zero-order valence-corrected chi connectivity index (χ0v) is 15.7. The summed E-state index contributed by atoms with van der Waals surface area (Å²) in [6, 6.07) is 15.8. The molecule has 0 saturated carbocycles. The van der Waals surface area contributed by atoms with Gasteiger partial charge in [0, 0.05) is 31.6 Å². The van der Waals surface area contributed by atoms with Gasteiger partial charge in [0.25, 0.3) is 0 Å². The lowest BCUT2D eigenvalue weighted by Gasteiger charge is -2.29. The molecule has 1 heterocycles. The van der Waals surface area contributed by atoms with Crippen molar-refractivity contribution in [2.24, 2.45) is 0 Å².